The molecule has 0 fully saturated rings. The van der Waals surface area contributed by atoms with E-state index in [1.807, 2.05) is 31.2 Å². The molecule has 1 N–H and O–H groups in total. The zero-order valence-electron chi connectivity index (χ0n) is 12.1. The predicted octanol–water partition coefficient (Wildman–Crippen LogP) is 5.18. The summed E-state index contributed by atoms with van der Waals surface area (Å²) in [4.78, 5) is 0. The van der Waals surface area contributed by atoms with Gasteiger partial charge in [0.25, 0.3) is 0 Å². The molecule has 1 unspecified atom stereocenters. The molecule has 0 spiro atoms. The number of ether oxygens (including phenoxy) is 2. The third kappa shape index (κ3) is 3.55. The van der Waals surface area contributed by atoms with Gasteiger partial charge in [-0.05, 0) is 31.2 Å². The third-order valence-electron chi connectivity index (χ3n) is 3.23. The Bertz CT molecular complexity index is 611. The van der Waals surface area contributed by atoms with Gasteiger partial charge in [0.05, 0.1) is 36.0 Å². The number of hydrogen-bond acceptors (Lipinski definition) is 3. The van der Waals surface area contributed by atoms with Crippen molar-refractivity contribution in [1.82, 2.24) is 0 Å². The molecular weight excluding hydrogens is 309 g/mol. The lowest BCUT2D eigenvalue weighted by Gasteiger charge is -2.20. The van der Waals surface area contributed by atoms with Gasteiger partial charge >= 0.3 is 0 Å². The summed E-state index contributed by atoms with van der Waals surface area (Å²) < 4.78 is 10.6. The minimum Gasteiger partial charge on any atom is -0.497 e. The number of nitrogens with one attached hydrogen (secondary N) is 1. The first-order chi connectivity index (χ1) is 10.1. The van der Waals surface area contributed by atoms with E-state index in [2.05, 4.69) is 5.32 Å². The van der Waals surface area contributed by atoms with Crippen LogP contribution >= 0.6 is 23.2 Å². The molecule has 0 saturated heterocycles. The van der Waals surface area contributed by atoms with Crippen LogP contribution in [0, 0.1) is 0 Å². The van der Waals surface area contributed by atoms with E-state index in [0.29, 0.717) is 15.7 Å². The van der Waals surface area contributed by atoms with Gasteiger partial charge in [-0.3, -0.25) is 0 Å². The number of halogens is 2. The van der Waals surface area contributed by atoms with Crippen molar-refractivity contribution in [2.75, 3.05) is 19.5 Å². The first-order valence-electron chi connectivity index (χ1n) is 6.49. The average Bonchev–Trinajstić information content (AvgIpc) is 2.50. The SMILES string of the molecule is COc1ccc(C(C)Nc2c(Cl)cccc2Cl)c(OC)c1. The fourth-order valence-electron chi connectivity index (χ4n) is 2.11. The van der Waals surface area contributed by atoms with Gasteiger partial charge in [0.2, 0.25) is 0 Å². The molecule has 2 aromatic carbocycles. The van der Waals surface area contributed by atoms with E-state index in [-0.39, 0.29) is 6.04 Å². The van der Waals surface area contributed by atoms with Gasteiger partial charge in [-0.1, -0.05) is 29.3 Å². The van der Waals surface area contributed by atoms with E-state index >= 15 is 0 Å². The lowest BCUT2D eigenvalue weighted by molar-refractivity contribution is 0.390. The third-order valence-corrected chi connectivity index (χ3v) is 3.86. The summed E-state index contributed by atoms with van der Waals surface area (Å²) in [6, 6.07) is 11.1. The van der Waals surface area contributed by atoms with Crippen LogP contribution in [-0.2, 0) is 0 Å². The maximum Gasteiger partial charge on any atom is 0.127 e. The van der Waals surface area contributed by atoms with Crippen LogP contribution in [0.3, 0.4) is 0 Å². The van der Waals surface area contributed by atoms with Crippen LogP contribution in [0.5, 0.6) is 11.5 Å². The molecule has 0 amide bonds. The highest BCUT2D eigenvalue weighted by Crippen LogP contribution is 2.36. The van der Waals surface area contributed by atoms with Crippen LogP contribution in [0.15, 0.2) is 36.4 Å². The molecule has 21 heavy (non-hydrogen) atoms. The van der Waals surface area contributed by atoms with Gasteiger partial charge < -0.3 is 14.8 Å². The summed E-state index contributed by atoms with van der Waals surface area (Å²) in [5.41, 5.74) is 1.71. The molecule has 0 aliphatic rings. The molecule has 0 aliphatic carbocycles. The Hall–Kier alpha value is -1.58. The van der Waals surface area contributed by atoms with Crippen molar-refractivity contribution in [1.29, 1.82) is 0 Å². The molecule has 0 radical (unpaired) electrons. The van der Waals surface area contributed by atoms with Crippen LogP contribution in [-0.4, -0.2) is 14.2 Å². The quantitative estimate of drug-likeness (QED) is 0.821. The second kappa shape index (κ2) is 6.92. The van der Waals surface area contributed by atoms with Crippen LogP contribution in [0.1, 0.15) is 18.5 Å². The zero-order chi connectivity index (χ0) is 15.4. The highest BCUT2D eigenvalue weighted by molar-refractivity contribution is 6.39. The minimum atomic E-state index is -0.0248. The highest BCUT2D eigenvalue weighted by atomic mass is 35.5. The monoisotopic (exact) mass is 325 g/mol. The fourth-order valence-corrected chi connectivity index (χ4v) is 2.61. The Labute approximate surface area is 134 Å². The normalized spacial score (nSPS) is 11.9. The predicted molar refractivity (Wildman–Crippen MR) is 88.0 cm³/mol. The molecule has 2 rings (SSSR count). The Kier molecular flexibility index (Phi) is 5.21. The summed E-state index contributed by atoms with van der Waals surface area (Å²) >= 11 is 12.4. The molecule has 0 aliphatic heterocycles. The van der Waals surface area contributed by atoms with Crippen molar-refractivity contribution in [2.45, 2.75) is 13.0 Å². The number of hydrogen-bond donors (Lipinski definition) is 1. The van der Waals surface area contributed by atoms with Crippen LogP contribution in [0.4, 0.5) is 5.69 Å². The number of rotatable bonds is 5. The van der Waals surface area contributed by atoms with Gasteiger partial charge in [0, 0.05) is 11.6 Å². The first kappa shape index (κ1) is 15.8. The Morgan fingerprint density at radius 3 is 2.24 bits per heavy atom. The van der Waals surface area contributed by atoms with Crippen molar-refractivity contribution < 1.29 is 9.47 Å². The molecule has 0 heterocycles. The van der Waals surface area contributed by atoms with Gasteiger partial charge in [0.15, 0.2) is 0 Å². The van der Waals surface area contributed by atoms with Crippen LogP contribution < -0.4 is 14.8 Å². The van der Waals surface area contributed by atoms with Gasteiger partial charge in [0.1, 0.15) is 11.5 Å². The number of benzene rings is 2. The second-order valence-corrected chi connectivity index (χ2v) is 5.38. The maximum atomic E-state index is 6.18. The number of para-hydroxylation sites is 1. The lowest BCUT2D eigenvalue weighted by atomic mass is 10.1. The van der Waals surface area contributed by atoms with Crippen molar-refractivity contribution in [3.8, 4) is 11.5 Å². The van der Waals surface area contributed by atoms with E-state index < -0.39 is 0 Å². The zero-order valence-corrected chi connectivity index (χ0v) is 13.6. The van der Waals surface area contributed by atoms with Crippen molar-refractivity contribution in [3.63, 3.8) is 0 Å². The Morgan fingerprint density at radius 1 is 1.00 bits per heavy atom. The molecule has 0 bridgehead atoms. The Balaban J connectivity index is 2.30. The second-order valence-electron chi connectivity index (χ2n) is 4.57. The summed E-state index contributed by atoms with van der Waals surface area (Å²) in [5, 5.41) is 4.49. The van der Waals surface area contributed by atoms with Crippen molar-refractivity contribution in [2.24, 2.45) is 0 Å². The lowest BCUT2D eigenvalue weighted by Crippen LogP contribution is -2.09. The van der Waals surface area contributed by atoms with Gasteiger partial charge in [-0.15, -0.1) is 0 Å². The molecule has 2 aromatic rings. The van der Waals surface area contributed by atoms with Crippen molar-refractivity contribution in [3.05, 3.63) is 52.0 Å². The van der Waals surface area contributed by atoms with Crippen LogP contribution in [0.25, 0.3) is 0 Å². The van der Waals surface area contributed by atoms with E-state index in [9.17, 15) is 0 Å². The average molecular weight is 326 g/mol. The largest absolute Gasteiger partial charge is 0.497 e. The van der Waals surface area contributed by atoms with Gasteiger partial charge in [-0.25, -0.2) is 0 Å². The first-order valence-corrected chi connectivity index (χ1v) is 7.25. The van der Waals surface area contributed by atoms with Crippen molar-refractivity contribution >= 4 is 28.9 Å². The van der Waals surface area contributed by atoms with E-state index in [0.717, 1.165) is 17.1 Å². The molecule has 0 aromatic heterocycles. The molecule has 1 atom stereocenters. The summed E-state index contributed by atoms with van der Waals surface area (Å²) in [7, 11) is 3.26. The topological polar surface area (TPSA) is 30.5 Å². The Morgan fingerprint density at radius 2 is 1.67 bits per heavy atom. The molecule has 112 valence electrons. The highest BCUT2D eigenvalue weighted by Gasteiger charge is 2.15. The molecule has 3 nitrogen and oxygen atoms in total. The molecular formula is C16H17Cl2NO2. The number of methoxy groups -OCH3 is 2. The fraction of sp³-hybridized carbons (Fsp3) is 0.250. The van der Waals surface area contributed by atoms with E-state index in [1.165, 1.54) is 0 Å². The van der Waals surface area contributed by atoms with Gasteiger partial charge in [-0.2, -0.15) is 0 Å². The summed E-state index contributed by atoms with van der Waals surface area (Å²) in [6.45, 7) is 2.02. The molecule has 0 saturated carbocycles. The van der Waals surface area contributed by atoms with E-state index in [4.69, 9.17) is 32.7 Å². The molecule has 5 heteroatoms. The number of anilines is 1. The maximum absolute atomic E-state index is 6.18. The van der Waals surface area contributed by atoms with E-state index in [1.54, 1.807) is 26.4 Å². The summed E-state index contributed by atoms with van der Waals surface area (Å²) in [6.07, 6.45) is 0. The summed E-state index contributed by atoms with van der Waals surface area (Å²) in [5.74, 6) is 1.50. The standard InChI is InChI=1S/C16H17Cl2NO2/c1-10(19-16-13(17)5-4-6-14(16)18)12-8-7-11(20-2)9-15(12)21-3/h4-10,19H,1-3H3. The van der Waals surface area contributed by atoms with Crippen LogP contribution in [0.2, 0.25) is 10.0 Å². The minimum absolute atomic E-state index is 0.0248. The smallest absolute Gasteiger partial charge is 0.127 e.